The van der Waals surface area contributed by atoms with Crippen molar-refractivity contribution in [3.8, 4) is 6.07 Å². The van der Waals surface area contributed by atoms with Gasteiger partial charge in [0.15, 0.2) is 0 Å². The molecule has 4 heteroatoms. The van der Waals surface area contributed by atoms with Gasteiger partial charge in [-0.3, -0.25) is 0 Å². The van der Waals surface area contributed by atoms with Crippen LogP contribution in [-0.2, 0) is 9.53 Å². The monoisotopic (exact) mass is 230 g/mol. The van der Waals surface area contributed by atoms with Gasteiger partial charge in [0.25, 0.3) is 0 Å². The Balaban J connectivity index is 2.92. The summed E-state index contributed by atoms with van der Waals surface area (Å²) in [6.45, 7) is 2.08. The van der Waals surface area contributed by atoms with Crippen LogP contribution in [-0.4, -0.2) is 19.6 Å². The lowest BCUT2D eigenvalue weighted by atomic mass is 10.1. The van der Waals surface area contributed by atoms with Gasteiger partial charge in [0.05, 0.1) is 18.2 Å². The van der Waals surface area contributed by atoms with Gasteiger partial charge in [-0.2, -0.15) is 5.26 Å². The number of carbonyl (C=O) groups excluding carboxylic acids is 1. The summed E-state index contributed by atoms with van der Waals surface area (Å²) in [7, 11) is 1.78. The molecular weight excluding hydrogens is 216 g/mol. The summed E-state index contributed by atoms with van der Waals surface area (Å²) < 4.78 is 4.76. The second-order valence-electron chi connectivity index (χ2n) is 3.25. The smallest absolute Gasteiger partial charge is 0.330 e. The Morgan fingerprint density at radius 1 is 1.59 bits per heavy atom. The summed E-state index contributed by atoms with van der Waals surface area (Å²) in [6.07, 6.45) is 2.90. The number of rotatable bonds is 4. The van der Waals surface area contributed by atoms with Gasteiger partial charge in [0.2, 0.25) is 0 Å². The van der Waals surface area contributed by atoms with Crippen LogP contribution in [0.15, 0.2) is 24.3 Å². The Morgan fingerprint density at radius 2 is 2.35 bits per heavy atom. The number of nitrogens with one attached hydrogen (secondary N) is 1. The molecule has 0 bridgehead atoms. The van der Waals surface area contributed by atoms with Gasteiger partial charge >= 0.3 is 5.97 Å². The molecule has 0 radical (unpaired) electrons. The first-order valence-corrected chi connectivity index (χ1v) is 5.28. The second kappa shape index (κ2) is 6.33. The number of hydrogen-bond acceptors (Lipinski definition) is 4. The highest BCUT2D eigenvalue weighted by Crippen LogP contribution is 2.16. The van der Waals surface area contributed by atoms with Crippen LogP contribution in [0.25, 0.3) is 6.08 Å². The van der Waals surface area contributed by atoms with Gasteiger partial charge in [-0.25, -0.2) is 4.79 Å². The van der Waals surface area contributed by atoms with E-state index >= 15 is 0 Å². The SMILES string of the molecule is CCOC(=O)/C=C/c1ccc(NC)cc1C#N. The highest BCUT2D eigenvalue weighted by molar-refractivity contribution is 5.87. The molecule has 0 aromatic heterocycles. The van der Waals surface area contributed by atoms with E-state index in [1.165, 1.54) is 6.08 Å². The fraction of sp³-hybridized carbons (Fsp3) is 0.231. The predicted octanol–water partition coefficient (Wildman–Crippen LogP) is 2.18. The summed E-state index contributed by atoms with van der Waals surface area (Å²) in [5.41, 5.74) is 2.06. The maximum absolute atomic E-state index is 11.1. The Bertz CT molecular complexity index is 473. The van der Waals surface area contributed by atoms with Gasteiger partial charge in [0, 0.05) is 18.8 Å². The average Bonchev–Trinajstić information content (AvgIpc) is 2.36. The standard InChI is InChI=1S/C13H14N2O2/c1-3-17-13(16)7-5-10-4-6-12(15-2)8-11(10)9-14/h4-8,15H,3H2,1-2H3/b7-5+. The fourth-order valence-corrected chi connectivity index (χ4v) is 1.30. The molecule has 17 heavy (non-hydrogen) atoms. The lowest BCUT2D eigenvalue weighted by Crippen LogP contribution is -1.99. The van der Waals surface area contributed by atoms with E-state index in [1.54, 1.807) is 32.2 Å². The van der Waals surface area contributed by atoms with Crippen LogP contribution in [0.1, 0.15) is 18.1 Å². The van der Waals surface area contributed by atoms with Crippen LogP contribution >= 0.6 is 0 Å². The Kier molecular flexibility index (Phi) is 4.77. The molecule has 0 fully saturated rings. The maximum Gasteiger partial charge on any atom is 0.330 e. The van der Waals surface area contributed by atoms with E-state index in [2.05, 4.69) is 11.4 Å². The van der Waals surface area contributed by atoms with Crippen molar-refractivity contribution in [1.82, 2.24) is 0 Å². The van der Waals surface area contributed by atoms with E-state index in [0.717, 1.165) is 5.69 Å². The summed E-state index contributed by atoms with van der Waals surface area (Å²) in [4.78, 5) is 11.1. The van der Waals surface area contributed by atoms with E-state index in [9.17, 15) is 4.79 Å². The van der Waals surface area contributed by atoms with Crippen LogP contribution in [0.2, 0.25) is 0 Å². The first kappa shape index (κ1) is 12.8. The molecule has 4 nitrogen and oxygen atoms in total. The molecule has 0 saturated heterocycles. The lowest BCUT2D eigenvalue weighted by Gasteiger charge is -2.02. The molecule has 1 aromatic carbocycles. The quantitative estimate of drug-likeness (QED) is 0.636. The highest BCUT2D eigenvalue weighted by Gasteiger charge is 2.01. The van der Waals surface area contributed by atoms with Crippen molar-refractivity contribution in [2.75, 3.05) is 19.0 Å². The number of esters is 1. The number of nitrogens with zero attached hydrogens (tertiary/aromatic N) is 1. The number of hydrogen-bond donors (Lipinski definition) is 1. The second-order valence-corrected chi connectivity index (χ2v) is 3.25. The van der Waals surface area contributed by atoms with Crippen LogP contribution in [0, 0.1) is 11.3 Å². The molecule has 1 rings (SSSR count). The fourth-order valence-electron chi connectivity index (χ4n) is 1.30. The van der Waals surface area contributed by atoms with Gasteiger partial charge in [-0.05, 0) is 30.7 Å². The average molecular weight is 230 g/mol. The first-order valence-electron chi connectivity index (χ1n) is 5.28. The molecule has 0 aliphatic heterocycles. The number of nitriles is 1. The van der Waals surface area contributed by atoms with Crippen LogP contribution in [0.3, 0.4) is 0 Å². The number of benzene rings is 1. The summed E-state index contributed by atoms with van der Waals surface area (Å²) >= 11 is 0. The van der Waals surface area contributed by atoms with Gasteiger partial charge in [-0.15, -0.1) is 0 Å². The molecule has 88 valence electrons. The molecule has 0 amide bonds. The number of carbonyl (C=O) groups is 1. The molecular formula is C13H14N2O2. The topological polar surface area (TPSA) is 62.1 Å². The van der Waals surface area contributed by atoms with Crippen molar-refractivity contribution in [3.05, 3.63) is 35.4 Å². The third-order valence-electron chi connectivity index (χ3n) is 2.15. The Hall–Kier alpha value is -2.28. The molecule has 0 spiro atoms. The lowest BCUT2D eigenvalue weighted by molar-refractivity contribution is -0.137. The third-order valence-corrected chi connectivity index (χ3v) is 2.15. The van der Waals surface area contributed by atoms with Crippen molar-refractivity contribution < 1.29 is 9.53 Å². The van der Waals surface area contributed by atoms with Crippen LogP contribution in [0.4, 0.5) is 5.69 Å². The first-order chi connectivity index (χ1) is 8.21. The van der Waals surface area contributed by atoms with Crippen LogP contribution < -0.4 is 5.32 Å². The van der Waals surface area contributed by atoms with E-state index < -0.39 is 5.97 Å². The normalized spacial score (nSPS) is 9.94. The maximum atomic E-state index is 11.1. The molecule has 0 unspecified atom stereocenters. The van der Waals surface area contributed by atoms with Crippen molar-refractivity contribution in [2.24, 2.45) is 0 Å². The molecule has 0 aliphatic carbocycles. The number of anilines is 1. The summed E-state index contributed by atoms with van der Waals surface area (Å²) in [5.74, 6) is -0.408. The van der Waals surface area contributed by atoms with Gasteiger partial charge in [0.1, 0.15) is 0 Å². The van der Waals surface area contributed by atoms with Gasteiger partial charge in [-0.1, -0.05) is 6.07 Å². The van der Waals surface area contributed by atoms with Gasteiger partial charge < -0.3 is 10.1 Å². The summed E-state index contributed by atoms with van der Waals surface area (Å²) in [6, 6.07) is 7.43. The zero-order valence-corrected chi connectivity index (χ0v) is 9.86. The Morgan fingerprint density at radius 3 is 2.94 bits per heavy atom. The van der Waals surface area contributed by atoms with E-state index in [4.69, 9.17) is 10.00 Å². The molecule has 0 atom stereocenters. The van der Waals surface area contributed by atoms with E-state index in [-0.39, 0.29) is 0 Å². The molecule has 0 heterocycles. The molecule has 1 aromatic rings. The number of ether oxygens (including phenoxy) is 1. The predicted molar refractivity (Wildman–Crippen MR) is 66.4 cm³/mol. The summed E-state index contributed by atoms with van der Waals surface area (Å²) in [5, 5.41) is 11.9. The molecule has 1 N–H and O–H groups in total. The zero-order chi connectivity index (χ0) is 12.7. The highest BCUT2D eigenvalue weighted by atomic mass is 16.5. The minimum absolute atomic E-state index is 0.340. The van der Waals surface area contributed by atoms with E-state index in [1.807, 2.05) is 6.07 Å². The largest absolute Gasteiger partial charge is 0.463 e. The van der Waals surface area contributed by atoms with Crippen molar-refractivity contribution in [3.63, 3.8) is 0 Å². The third kappa shape index (κ3) is 3.65. The Labute approximate surface area is 101 Å². The molecule has 0 saturated carbocycles. The minimum Gasteiger partial charge on any atom is -0.463 e. The van der Waals surface area contributed by atoms with E-state index in [0.29, 0.717) is 17.7 Å². The van der Waals surface area contributed by atoms with Crippen LogP contribution in [0.5, 0.6) is 0 Å². The molecule has 0 aliphatic rings. The zero-order valence-electron chi connectivity index (χ0n) is 9.86. The van der Waals surface area contributed by atoms with Crippen molar-refractivity contribution >= 4 is 17.7 Å². The minimum atomic E-state index is -0.408. The van der Waals surface area contributed by atoms with Crippen molar-refractivity contribution in [2.45, 2.75) is 6.92 Å². The van der Waals surface area contributed by atoms with Crippen molar-refractivity contribution in [1.29, 1.82) is 5.26 Å².